The Morgan fingerprint density at radius 1 is 1.12 bits per heavy atom. The molecule has 0 fully saturated rings. The molecule has 0 aliphatic heterocycles. The summed E-state index contributed by atoms with van der Waals surface area (Å²) in [7, 11) is -3.48. The van der Waals surface area contributed by atoms with Gasteiger partial charge in [0.25, 0.3) is 0 Å². The molecule has 1 amide bonds. The largest absolute Gasteiger partial charge is 0.325 e. The number of aryl methyl sites for hydroxylation is 3. The molecule has 6 heteroatoms. The van der Waals surface area contributed by atoms with Crippen molar-refractivity contribution in [1.29, 1.82) is 0 Å². The second kappa shape index (κ2) is 7.18. The fraction of sp³-hybridized carbons (Fsp3) is 0.316. The molecule has 0 spiro atoms. The number of carbonyl (C=O) groups is 1. The molecular formula is C19H20ClNO3S. The number of hydrogen-bond acceptors (Lipinski definition) is 3. The fourth-order valence-electron chi connectivity index (χ4n) is 3.02. The van der Waals surface area contributed by atoms with Gasteiger partial charge in [0.2, 0.25) is 5.91 Å². The minimum Gasteiger partial charge on any atom is -0.325 e. The van der Waals surface area contributed by atoms with Gasteiger partial charge in [-0.25, -0.2) is 8.42 Å². The van der Waals surface area contributed by atoms with E-state index in [1.54, 1.807) is 24.3 Å². The van der Waals surface area contributed by atoms with Gasteiger partial charge in [0.05, 0.1) is 21.4 Å². The minimum atomic E-state index is -3.48. The second-order valence-corrected chi connectivity index (χ2v) is 8.90. The van der Waals surface area contributed by atoms with Crippen LogP contribution in [0.3, 0.4) is 0 Å². The standard InChI is InChI=1S/C19H20ClNO3S/c1-13-5-8-18(17(20)11-13)21-19(22)9-10-25(23,24)16-7-6-14-3-2-4-15(14)12-16/h5-8,11-12H,2-4,9-10H2,1H3,(H,21,22). The highest BCUT2D eigenvalue weighted by atomic mass is 35.5. The van der Waals surface area contributed by atoms with Crippen molar-refractivity contribution in [3.8, 4) is 0 Å². The van der Waals surface area contributed by atoms with E-state index in [1.165, 1.54) is 5.56 Å². The highest BCUT2D eigenvalue weighted by Gasteiger charge is 2.20. The molecular weight excluding hydrogens is 358 g/mol. The number of rotatable bonds is 5. The Balaban J connectivity index is 1.64. The minimum absolute atomic E-state index is 0.108. The number of fused-ring (bicyclic) bond motifs is 1. The van der Waals surface area contributed by atoms with Crippen LogP contribution >= 0.6 is 11.6 Å². The van der Waals surface area contributed by atoms with Crippen LogP contribution in [-0.4, -0.2) is 20.1 Å². The van der Waals surface area contributed by atoms with Crippen molar-refractivity contribution in [3.05, 3.63) is 58.1 Å². The molecule has 1 aliphatic carbocycles. The van der Waals surface area contributed by atoms with Crippen LogP contribution < -0.4 is 5.32 Å². The number of amides is 1. The van der Waals surface area contributed by atoms with Crippen molar-refractivity contribution < 1.29 is 13.2 Å². The summed E-state index contributed by atoms with van der Waals surface area (Å²) < 4.78 is 25.0. The maximum Gasteiger partial charge on any atom is 0.225 e. The number of benzene rings is 2. The van der Waals surface area contributed by atoms with Crippen LogP contribution in [-0.2, 0) is 27.5 Å². The molecule has 0 unspecified atom stereocenters. The average molecular weight is 378 g/mol. The number of hydrogen-bond donors (Lipinski definition) is 1. The first-order chi connectivity index (χ1) is 11.8. The van der Waals surface area contributed by atoms with Crippen molar-refractivity contribution in [3.63, 3.8) is 0 Å². The second-order valence-electron chi connectivity index (χ2n) is 6.38. The maximum atomic E-state index is 12.5. The van der Waals surface area contributed by atoms with E-state index in [1.807, 2.05) is 19.1 Å². The van der Waals surface area contributed by atoms with Crippen LogP contribution in [0, 0.1) is 6.92 Å². The lowest BCUT2D eigenvalue weighted by atomic mass is 10.1. The Labute approximate surface area is 153 Å². The predicted octanol–water partition coefficient (Wildman–Crippen LogP) is 3.94. The first kappa shape index (κ1) is 18.0. The van der Waals surface area contributed by atoms with E-state index in [2.05, 4.69) is 5.32 Å². The third-order valence-corrected chi connectivity index (χ3v) is 6.45. The predicted molar refractivity (Wildman–Crippen MR) is 100.0 cm³/mol. The smallest absolute Gasteiger partial charge is 0.225 e. The zero-order chi connectivity index (χ0) is 18.0. The fourth-order valence-corrected chi connectivity index (χ4v) is 4.59. The van der Waals surface area contributed by atoms with E-state index in [9.17, 15) is 13.2 Å². The van der Waals surface area contributed by atoms with Gasteiger partial charge >= 0.3 is 0 Å². The number of halogens is 1. The number of anilines is 1. The highest BCUT2D eigenvalue weighted by Crippen LogP contribution is 2.26. The topological polar surface area (TPSA) is 63.2 Å². The van der Waals surface area contributed by atoms with E-state index in [0.717, 1.165) is 30.4 Å². The molecule has 2 aromatic rings. The lowest BCUT2D eigenvalue weighted by Gasteiger charge is -2.09. The molecule has 0 radical (unpaired) electrons. The maximum absolute atomic E-state index is 12.5. The molecule has 1 N–H and O–H groups in total. The van der Waals surface area contributed by atoms with E-state index < -0.39 is 9.84 Å². The third-order valence-electron chi connectivity index (χ3n) is 4.43. The SMILES string of the molecule is Cc1ccc(NC(=O)CCS(=O)(=O)c2ccc3c(c2)CCC3)c(Cl)c1. The van der Waals surface area contributed by atoms with E-state index in [-0.39, 0.29) is 18.1 Å². The summed E-state index contributed by atoms with van der Waals surface area (Å²) in [5.74, 6) is -0.586. The van der Waals surface area contributed by atoms with Gasteiger partial charge in [-0.15, -0.1) is 0 Å². The molecule has 0 heterocycles. The Bertz CT molecular complexity index is 922. The zero-order valence-corrected chi connectivity index (χ0v) is 15.6. The number of sulfone groups is 1. The summed E-state index contributed by atoms with van der Waals surface area (Å²) in [6.45, 7) is 1.90. The normalized spacial score (nSPS) is 13.5. The molecule has 0 bridgehead atoms. The van der Waals surface area contributed by atoms with Crippen LogP contribution in [0.2, 0.25) is 5.02 Å². The van der Waals surface area contributed by atoms with E-state index >= 15 is 0 Å². The summed E-state index contributed by atoms with van der Waals surface area (Å²) in [5.41, 5.74) is 3.82. The Morgan fingerprint density at radius 3 is 2.64 bits per heavy atom. The number of carbonyl (C=O) groups excluding carboxylic acids is 1. The van der Waals surface area contributed by atoms with Gasteiger partial charge < -0.3 is 5.32 Å². The average Bonchev–Trinajstić information content (AvgIpc) is 3.03. The highest BCUT2D eigenvalue weighted by molar-refractivity contribution is 7.91. The van der Waals surface area contributed by atoms with Gasteiger partial charge in [0, 0.05) is 6.42 Å². The molecule has 0 aromatic heterocycles. The first-order valence-corrected chi connectivity index (χ1v) is 10.3. The van der Waals surface area contributed by atoms with E-state index in [0.29, 0.717) is 15.6 Å². The lowest BCUT2D eigenvalue weighted by Crippen LogP contribution is -2.17. The Morgan fingerprint density at radius 2 is 1.88 bits per heavy atom. The summed E-state index contributed by atoms with van der Waals surface area (Å²) in [4.78, 5) is 12.4. The summed E-state index contributed by atoms with van der Waals surface area (Å²) in [6, 6.07) is 10.6. The van der Waals surface area contributed by atoms with E-state index in [4.69, 9.17) is 11.6 Å². The van der Waals surface area contributed by atoms with Crippen molar-refractivity contribution in [2.45, 2.75) is 37.5 Å². The van der Waals surface area contributed by atoms with Gasteiger partial charge in [0.1, 0.15) is 0 Å². The molecule has 4 nitrogen and oxygen atoms in total. The lowest BCUT2D eigenvalue weighted by molar-refractivity contribution is -0.115. The van der Waals surface area contributed by atoms with Crippen LogP contribution in [0.25, 0.3) is 0 Å². The Hall–Kier alpha value is -1.85. The summed E-state index contributed by atoms with van der Waals surface area (Å²) in [6.07, 6.45) is 2.89. The van der Waals surface area contributed by atoms with Crippen LogP contribution in [0.5, 0.6) is 0 Å². The van der Waals surface area contributed by atoms with Crippen molar-refractivity contribution in [1.82, 2.24) is 0 Å². The van der Waals surface area contributed by atoms with Crippen LogP contribution in [0.4, 0.5) is 5.69 Å². The number of nitrogens with one attached hydrogen (secondary N) is 1. The summed E-state index contributed by atoms with van der Waals surface area (Å²) in [5, 5.41) is 3.11. The third kappa shape index (κ3) is 4.22. The van der Waals surface area contributed by atoms with Gasteiger partial charge in [0.15, 0.2) is 9.84 Å². The van der Waals surface area contributed by atoms with Gasteiger partial charge in [-0.3, -0.25) is 4.79 Å². The van der Waals surface area contributed by atoms with Crippen LogP contribution in [0.15, 0.2) is 41.3 Å². The quantitative estimate of drug-likeness (QED) is 0.858. The Kier molecular flexibility index (Phi) is 5.16. The first-order valence-electron chi connectivity index (χ1n) is 8.26. The van der Waals surface area contributed by atoms with Gasteiger partial charge in [-0.2, -0.15) is 0 Å². The van der Waals surface area contributed by atoms with Gasteiger partial charge in [-0.05, 0) is 67.1 Å². The van der Waals surface area contributed by atoms with Crippen LogP contribution in [0.1, 0.15) is 29.5 Å². The molecule has 25 heavy (non-hydrogen) atoms. The van der Waals surface area contributed by atoms with Gasteiger partial charge in [-0.1, -0.05) is 23.7 Å². The molecule has 1 aliphatic rings. The molecule has 3 rings (SSSR count). The molecule has 0 saturated carbocycles. The van der Waals surface area contributed by atoms with Crippen molar-refractivity contribution in [2.75, 3.05) is 11.1 Å². The monoisotopic (exact) mass is 377 g/mol. The molecule has 0 saturated heterocycles. The molecule has 2 aromatic carbocycles. The molecule has 132 valence electrons. The molecule has 0 atom stereocenters. The van der Waals surface area contributed by atoms with Crippen molar-refractivity contribution >= 4 is 33.0 Å². The van der Waals surface area contributed by atoms with Crippen molar-refractivity contribution in [2.24, 2.45) is 0 Å². The zero-order valence-electron chi connectivity index (χ0n) is 14.0. The summed E-state index contributed by atoms with van der Waals surface area (Å²) >= 11 is 6.08.